The summed E-state index contributed by atoms with van der Waals surface area (Å²) in [5.74, 6) is -0.378. The lowest BCUT2D eigenvalue weighted by atomic mass is 9.96. The molecule has 0 spiro atoms. The fourth-order valence-corrected chi connectivity index (χ4v) is 1.90. The van der Waals surface area contributed by atoms with Crippen molar-refractivity contribution in [2.45, 2.75) is 40.5 Å². The van der Waals surface area contributed by atoms with Crippen LogP contribution >= 0.6 is 0 Å². The highest BCUT2D eigenvalue weighted by molar-refractivity contribution is 5.89. The van der Waals surface area contributed by atoms with Gasteiger partial charge in [-0.15, -0.1) is 0 Å². The second-order valence-electron chi connectivity index (χ2n) is 6.16. The van der Waals surface area contributed by atoms with E-state index in [1.165, 1.54) is 5.56 Å². The van der Waals surface area contributed by atoms with Crippen molar-refractivity contribution in [3.05, 3.63) is 35.4 Å². The molecule has 1 rings (SSSR count). The van der Waals surface area contributed by atoms with E-state index < -0.39 is 11.6 Å². The number of hydrogen-bond acceptors (Lipinski definition) is 5. The Morgan fingerprint density at radius 2 is 1.57 bits per heavy atom. The SMILES string of the molecule is CCCc1ccc(C(=O)OCC(C)(C)COC(=O)OCC)cc1. The van der Waals surface area contributed by atoms with Gasteiger partial charge >= 0.3 is 12.1 Å². The summed E-state index contributed by atoms with van der Waals surface area (Å²) in [5, 5.41) is 0. The van der Waals surface area contributed by atoms with E-state index in [0.717, 1.165) is 12.8 Å². The maximum absolute atomic E-state index is 12.0. The molecule has 0 bridgehead atoms. The van der Waals surface area contributed by atoms with E-state index in [-0.39, 0.29) is 25.8 Å². The third-order valence-electron chi connectivity index (χ3n) is 3.17. The molecular weight excluding hydrogens is 296 g/mol. The zero-order chi connectivity index (χ0) is 17.3. The van der Waals surface area contributed by atoms with Gasteiger partial charge in [-0.3, -0.25) is 0 Å². The molecular formula is C18H26O5. The van der Waals surface area contributed by atoms with Crippen molar-refractivity contribution in [2.24, 2.45) is 5.41 Å². The van der Waals surface area contributed by atoms with Crippen LogP contribution in [0.15, 0.2) is 24.3 Å². The number of hydrogen-bond donors (Lipinski definition) is 0. The highest BCUT2D eigenvalue weighted by atomic mass is 16.7. The van der Waals surface area contributed by atoms with Crippen LogP contribution in [0.2, 0.25) is 0 Å². The summed E-state index contributed by atoms with van der Waals surface area (Å²) < 4.78 is 15.0. The van der Waals surface area contributed by atoms with Gasteiger partial charge in [-0.05, 0) is 31.0 Å². The molecule has 0 aliphatic carbocycles. The number of rotatable bonds is 8. The van der Waals surface area contributed by atoms with E-state index in [1.54, 1.807) is 19.1 Å². The third-order valence-corrected chi connectivity index (χ3v) is 3.17. The van der Waals surface area contributed by atoms with Crippen molar-refractivity contribution in [1.29, 1.82) is 0 Å². The lowest BCUT2D eigenvalue weighted by molar-refractivity contribution is 0.000633. The van der Waals surface area contributed by atoms with Gasteiger partial charge in [0.25, 0.3) is 0 Å². The highest BCUT2D eigenvalue weighted by Crippen LogP contribution is 2.18. The Morgan fingerprint density at radius 3 is 2.13 bits per heavy atom. The van der Waals surface area contributed by atoms with Gasteiger partial charge in [0, 0.05) is 5.41 Å². The van der Waals surface area contributed by atoms with E-state index >= 15 is 0 Å². The molecule has 0 unspecified atom stereocenters. The number of benzene rings is 1. The smallest absolute Gasteiger partial charge is 0.461 e. The van der Waals surface area contributed by atoms with Crippen LogP contribution in [0.5, 0.6) is 0 Å². The first kappa shape index (κ1) is 19.0. The Labute approximate surface area is 137 Å². The zero-order valence-corrected chi connectivity index (χ0v) is 14.4. The molecule has 0 N–H and O–H groups in total. The topological polar surface area (TPSA) is 61.8 Å². The first-order valence-electron chi connectivity index (χ1n) is 7.93. The minimum absolute atomic E-state index is 0.120. The molecule has 0 atom stereocenters. The van der Waals surface area contributed by atoms with Gasteiger partial charge in [-0.2, -0.15) is 0 Å². The third kappa shape index (κ3) is 7.17. The van der Waals surface area contributed by atoms with Crippen LogP contribution in [0, 0.1) is 5.41 Å². The predicted molar refractivity (Wildman–Crippen MR) is 87.5 cm³/mol. The minimum Gasteiger partial charge on any atom is -0.461 e. The predicted octanol–water partition coefficient (Wildman–Crippen LogP) is 4.00. The standard InChI is InChI=1S/C18H26O5/c1-5-7-14-8-10-15(11-9-14)16(19)22-12-18(3,4)13-23-17(20)21-6-2/h8-11H,5-7,12-13H2,1-4H3. The fraction of sp³-hybridized carbons (Fsp3) is 0.556. The van der Waals surface area contributed by atoms with Gasteiger partial charge in [0.2, 0.25) is 0 Å². The molecule has 0 aliphatic rings. The summed E-state index contributed by atoms with van der Waals surface area (Å²) in [5.41, 5.74) is 1.24. The number of carbonyl (C=O) groups is 2. The Balaban J connectivity index is 2.45. The Bertz CT molecular complexity index is 505. The molecule has 0 saturated carbocycles. The Kier molecular flexibility index (Phi) is 7.59. The van der Waals surface area contributed by atoms with Gasteiger partial charge < -0.3 is 14.2 Å². The average Bonchev–Trinajstić information content (AvgIpc) is 2.52. The van der Waals surface area contributed by atoms with Gasteiger partial charge in [-0.1, -0.05) is 39.3 Å². The molecule has 0 heterocycles. The summed E-state index contributed by atoms with van der Waals surface area (Å²) in [4.78, 5) is 23.2. The molecule has 0 saturated heterocycles. The van der Waals surface area contributed by atoms with Crippen molar-refractivity contribution in [3.63, 3.8) is 0 Å². The molecule has 5 heteroatoms. The van der Waals surface area contributed by atoms with Crippen LogP contribution in [0.25, 0.3) is 0 Å². The average molecular weight is 322 g/mol. The molecule has 0 radical (unpaired) electrons. The van der Waals surface area contributed by atoms with E-state index in [9.17, 15) is 9.59 Å². The molecule has 128 valence electrons. The summed E-state index contributed by atoms with van der Waals surface area (Å²) in [7, 11) is 0. The lowest BCUT2D eigenvalue weighted by Crippen LogP contribution is -2.28. The van der Waals surface area contributed by atoms with Crippen LogP contribution in [0.1, 0.15) is 50.0 Å². The van der Waals surface area contributed by atoms with Crippen LogP contribution < -0.4 is 0 Å². The molecule has 0 fully saturated rings. The lowest BCUT2D eigenvalue weighted by Gasteiger charge is -2.23. The molecule has 0 aliphatic heterocycles. The number of ether oxygens (including phenoxy) is 3. The van der Waals surface area contributed by atoms with E-state index in [4.69, 9.17) is 14.2 Å². The molecule has 1 aromatic carbocycles. The summed E-state index contributed by atoms with van der Waals surface area (Å²) in [6.45, 7) is 8.06. The molecule has 1 aromatic rings. The molecule has 0 amide bonds. The van der Waals surface area contributed by atoms with Crippen LogP contribution in [0.4, 0.5) is 4.79 Å². The van der Waals surface area contributed by atoms with Crippen LogP contribution in [-0.4, -0.2) is 31.9 Å². The van der Waals surface area contributed by atoms with Crippen molar-refractivity contribution in [1.82, 2.24) is 0 Å². The quantitative estimate of drug-likeness (QED) is 0.677. The number of carbonyl (C=O) groups excluding carboxylic acids is 2. The van der Waals surface area contributed by atoms with Gasteiger partial charge in [-0.25, -0.2) is 9.59 Å². The van der Waals surface area contributed by atoms with Crippen molar-refractivity contribution in [2.75, 3.05) is 19.8 Å². The molecule has 0 aromatic heterocycles. The minimum atomic E-state index is -0.710. The van der Waals surface area contributed by atoms with Gasteiger partial charge in [0.1, 0.15) is 6.61 Å². The van der Waals surface area contributed by atoms with E-state index in [2.05, 4.69) is 6.92 Å². The maximum atomic E-state index is 12.0. The van der Waals surface area contributed by atoms with Gasteiger partial charge in [0.15, 0.2) is 0 Å². The van der Waals surface area contributed by atoms with Gasteiger partial charge in [0.05, 0.1) is 18.8 Å². The van der Waals surface area contributed by atoms with Crippen molar-refractivity contribution < 1.29 is 23.8 Å². The highest BCUT2D eigenvalue weighted by Gasteiger charge is 2.23. The Morgan fingerprint density at radius 1 is 0.957 bits per heavy atom. The van der Waals surface area contributed by atoms with Crippen molar-refractivity contribution in [3.8, 4) is 0 Å². The largest absolute Gasteiger partial charge is 0.508 e. The maximum Gasteiger partial charge on any atom is 0.508 e. The second kappa shape index (κ2) is 9.18. The second-order valence-corrected chi connectivity index (χ2v) is 6.16. The summed E-state index contributed by atoms with van der Waals surface area (Å²) in [6.07, 6.45) is 1.35. The summed E-state index contributed by atoms with van der Waals surface area (Å²) >= 11 is 0. The summed E-state index contributed by atoms with van der Waals surface area (Å²) in [6, 6.07) is 7.43. The van der Waals surface area contributed by atoms with Crippen LogP contribution in [0.3, 0.4) is 0 Å². The molecule has 5 nitrogen and oxygen atoms in total. The number of aryl methyl sites for hydroxylation is 1. The first-order chi connectivity index (χ1) is 10.9. The fourth-order valence-electron chi connectivity index (χ4n) is 1.90. The monoisotopic (exact) mass is 322 g/mol. The zero-order valence-electron chi connectivity index (χ0n) is 14.4. The normalized spacial score (nSPS) is 11.0. The number of esters is 1. The van der Waals surface area contributed by atoms with E-state index in [1.807, 2.05) is 26.0 Å². The van der Waals surface area contributed by atoms with Crippen LogP contribution in [-0.2, 0) is 20.6 Å². The Hall–Kier alpha value is -2.04. The van der Waals surface area contributed by atoms with E-state index in [0.29, 0.717) is 5.56 Å². The molecule has 23 heavy (non-hydrogen) atoms. The van der Waals surface area contributed by atoms with Crippen molar-refractivity contribution >= 4 is 12.1 Å². The first-order valence-corrected chi connectivity index (χ1v) is 7.93.